The van der Waals surface area contributed by atoms with E-state index in [2.05, 4.69) is 15.5 Å². The number of nitrogens with one attached hydrogen (secondary N) is 1. The number of piperidine rings is 1. The number of benzene rings is 2. The van der Waals surface area contributed by atoms with Gasteiger partial charge in [0.05, 0.1) is 4.90 Å². The highest BCUT2D eigenvalue weighted by Gasteiger charge is 2.32. The third-order valence-corrected chi connectivity index (χ3v) is 7.15. The largest absolute Gasteiger partial charge is 0.403 e. The predicted octanol–water partition coefficient (Wildman–Crippen LogP) is 3.57. The average molecular weight is 465 g/mol. The van der Waals surface area contributed by atoms with Gasteiger partial charge in [-0.15, -0.1) is 5.10 Å². The quantitative estimate of drug-likeness (QED) is 0.618. The van der Waals surface area contributed by atoms with Gasteiger partial charge >= 0.3 is 6.01 Å². The zero-order valence-corrected chi connectivity index (χ0v) is 17.7. The molecule has 1 amide bonds. The van der Waals surface area contributed by atoms with Crippen LogP contribution in [0.4, 0.5) is 10.4 Å². The van der Waals surface area contributed by atoms with Crippen LogP contribution in [0.3, 0.4) is 0 Å². The van der Waals surface area contributed by atoms with Gasteiger partial charge in [0.25, 0.3) is 0 Å². The Morgan fingerprint density at radius 2 is 1.84 bits per heavy atom. The molecule has 0 bridgehead atoms. The molecule has 1 fully saturated rings. The molecule has 0 saturated carbocycles. The molecular weight excluding hydrogens is 447 g/mol. The van der Waals surface area contributed by atoms with Gasteiger partial charge in [-0.05, 0) is 55.3 Å². The van der Waals surface area contributed by atoms with Gasteiger partial charge < -0.3 is 4.42 Å². The fourth-order valence-corrected chi connectivity index (χ4v) is 4.99. The van der Waals surface area contributed by atoms with Crippen molar-refractivity contribution < 1.29 is 22.0 Å². The Morgan fingerprint density at radius 3 is 2.52 bits per heavy atom. The Labute approximate surface area is 183 Å². The van der Waals surface area contributed by atoms with E-state index in [4.69, 9.17) is 16.0 Å². The monoisotopic (exact) mass is 464 g/mol. The number of hydrogen-bond donors (Lipinski definition) is 1. The second-order valence-corrected chi connectivity index (χ2v) is 9.42. The SMILES string of the molecule is O=C(Nc1nnc(-c2cccc(Cl)c2)o1)C1CCN(S(=O)(=O)c2ccc(F)cc2)CC1. The lowest BCUT2D eigenvalue weighted by atomic mass is 9.97. The maximum Gasteiger partial charge on any atom is 0.322 e. The molecule has 8 nitrogen and oxygen atoms in total. The summed E-state index contributed by atoms with van der Waals surface area (Å²) in [5.41, 5.74) is 0.625. The lowest BCUT2D eigenvalue weighted by Crippen LogP contribution is -2.41. The van der Waals surface area contributed by atoms with Gasteiger partial charge in [-0.1, -0.05) is 22.8 Å². The van der Waals surface area contributed by atoms with E-state index in [1.54, 1.807) is 24.3 Å². The molecule has 162 valence electrons. The molecule has 11 heteroatoms. The van der Waals surface area contributed by atoms with Crippen molar-refractivity contribution in [2.24, 2.45) is 5.92 Å². The summed E-state index contributed by atoms with van der Waals surface area (Å²) in [7, 11) is -3.73. The van der Waals surface area contributed by atoms with Crippen molar-refractivity contribution in [2.75, 3.05) is 18.4 Å². The number of sulfonamides is 1. The van der Waals surface area contributed by atoms with Gasteiger partial charge in [-0.3, -0.25) is 10.1 Å². The van der Waals surface area contributed by atoms with Gasteiger partial charge in [0, 0.05) is 29.6 Å². The first-order valence-electron chi connectivity index (χ1n) is 9.49. The second-order valence-electron chi connectivity index (χ2n) is 7.04. The van der Waals surface area contributed by atoms with E-state index in [9.17, 15) is 17.6 Å². The molecule has 0 radical (unpaired) electrons. The number of halogens is 2. The summed E-state index contributed by atoms with van der Waals surface area (Å²) in [4.78, 5) is 12.6. The van der Waals surface area contributed by atoms with Crippen molar-refractivity contribution in [3.8, 4) is 11.5 Å². The van der Waals surface area contributed by atoms with Crippen LogP contribution >= 0.6 is 11.6 Å². The summed E-state index contributed by atoms with van der Waals surface area (Å²) < 4.78 is 45.2. The maximum atomic E-state index is 13.1. The van der Waals surface area contributed by atoms with Crippen molar-refractivity contribution >= 4 is 33.5 Å². The molecule has 4 rings (SSSR count). The Hall–Kier alpha value is -2.82. The number of nitrogens with zero attached hydrogens (tertiary/aromatic N) is 3. The van der Waals surface area contributed by atoms with Gasteiger partial charge in [0.15, 0.2) is 0 Å². The molecule has 3 aromatic rings. The molecule has 0 atom stereocenters. The first-order chi connectivity index (χ1) is 14.8. The van der Waals surface area contributed by atoms with Crippen LogP contribution in [0.5, 0.6) is 0 Å². The smallest absolute Gasteiger partial charge is 0.322 e. The van der Waals surface area contributed by atoms with Crippen molar-refractivity contribution in [1.29, 1.82) is 0 Å². The van der Waals surface area contributed by atoms with Crippen molar-refractivity contribution in [2.45, 2.75) is 17.7 Å². The van der Waals surface area contributed by atoms with Crippen LogP contribution in [0.1, 0.15) is 12.8 Å². The van der Waals surface area contributed by atoms with Gasteiger partial charge in [0.1, 0.15) is 5.82 Å². The third kappa shape index (κ3) is 4.76. The Kier molecular flexibility index (Phi) is 6.03. The minimum absolute atomic E-state index is 0.0243. The molecule has 0 unspecified atom stereocenters. The van der Waals surface area contributed by atoms with Crippen LogP contribution in [-0.2, 0) is 14.8 Å². The van der Waals surface area contributed by atoms with Crippen molar-refractivity contribution in [3.63, 3.8) is 0 Å². The number of anilines is 1. The van der Waals surface area contributed by atoms with E-state index in [1.807, 2.05) is 0 Å². The van der Waals surface area contributed by atoms with Crippen molar-refractivity contribution in [3.05, 3.63) is 59.4 Å². The molecule has 1 aliphatic heterocycles. The van der Waals surface area contributed by atoms with Gasteiger partial charge in [-0.2, -0.15) is 4.31 Å². The lowest BCUT2D eigenvalue weighted by Gasteiger charge is -2.30. The molecule has 0 spiro atoms. The Bertz CT molecular complexity index is 1190. The zero-order chi connectivity index (χ0) is 22.0. The van der Waals surface area contributed by atoms with Crippen LogP contribution in [-0.4, -0.2) is 41.9 Å². The van der Waals surface area contributed by atoms with Crippen LogP contribution in [0.15, 0.2) is 57.8 Å². The van der Waals surface area contributed by atoms with E-state index in [-0.39, 0.29) is 35.8 Å². The van der Waals surface area contributed by atoms with E-state index in [0.29, 0.717) is 23.4 Å². The van der Waals surface area contributed by atoms with Crippen molar-refractivity contribution in [1.82, 2.24) is 14.5 Å². The predicted molar refractivity (Wildman–Crippen MR) is 111 cm³/mol. The van der Waals surface area contributed by atoms with Crippen LogP contribution in [0.2, 0.25) is 5.02 Å². The lowest BCUT2D eigenvalue weighted by molar-refractivity contribution is -0.121. The Morgan fingerprint density at radius 1 is 1.13 bits per heavy atom. The molecule has 0 aliphatic carbocycles. The molecule has 1 aromatic heterocycles. The summed E-state index contributed by atoms with van der Waals surface area (Å²) in [5, 5.41) is 10.8. The highest BCUT2D eigenvalue weighted by atomic mass is 35.5. The number of rotatable bonds is 5. The summed E-state index contributed by atoms with van der Waals surface area (Å²) in [6, 6.07) is 11.5. The van der Waals surface area contributed by atoms with Crippen LogP contribution < -0.4 is 5.32 Å². The molecular formula is C20H18ClFN4O4S. The van der Waals surface area contributed by atoms with Crippen LogP contribution in [0.25, 0.3) is 11.5 Å². The number of carbonyl (C=O) groups excluding carboxylic acids is 1. The first-order valence-corrected chi connectivity index (χ1v) is 11.3. The molecule has 2 aromatic carbocycles. The summed E-state index contributed by atoms with van der Waals surface area (Å²) in [5.74, 6) is -1.01. The van der Waals surface area contributed by atoms with Crippen LogP contribution in [0, 0.1) is 11.7 Å². The molecule has 1 saturated heterocycles. The number of carbonyl (C=O) groups is 1. The normalized spacial score (nSPS) is 15.7. The minimum Gasteiger partial charge on any atom is -0.403 e. The maximum absolute atomic E-state index is 13.1. The fraction of sp³-hybridized carbons (Fsp3) is 0.250. The zero-order valence-electron chi connectivity index (χ0n) is 16.2. The molecule has 2 heterocycles. The van der Waals surface area contributed by atoms with E-state index in [0.717, 1.165) is 12.1 Å². The average Bonchev–Trinajstić information content (AvgIpc) is 3.23. The molecule has 1 aliphatic rings. The number of aromatic nitrogens is 2. The second kappa shape index (κ2) is 8.74. The van der Waals surface area contributed by atoms with E-state index >= 15 is 0 Å². The van der Waals surface area contributed by atoms with E-state index in [1.165, 1.54) is 16.4 Å². The minimum atomic E-state index is -3.73. The highest BCUT2D eigenvalue weighted by Crippen LogP contribution is 2.26. The fourth-order valence-electron chi connectivity index (χ4n) is 3.33. The van der Waals surface area contributed by atoms with E-state index < -0.39 is 21.8 Å². The summed E-state index contributed by atoms with van der Waals surface area (Å²) in [6.07, 6.45) is 0.670. The summed E-state index contributed by atoms with van der Waals surface area (Å²) in [6.45, 7) is 0.352. The Balaban J connectivity index is 1.36. The molecule has 31 heavy (non-hydrogen) atoms. The van der Waals surface area contributed by atoms with Gasteiger partial charge in [0.2, 0.25) is 21.8 Å². The first kappa shape index (κ1) is 21.4. The summed E-state index contributed by atoms with van der Waals surface area (Å²) >= 11 is 5.95. The number of amides is 1. The number of hydrogen-bond acceptors (Lipinski definition) is 6. The standard InChI is InChI=1S/C20H18ClFN4O4S/c21-15-3-1-2-14(12-15)19-24-25-20(30-19)23-18(27)13-8-10-26(11-9-13)31(28,29)17-6-4-16(22)5-7-17/h1-7,12-13H,8-11H2,(H,23,25,27). The van der Waals surface area contributed by atoms with Gasteiger partial charge in [-0.25, -0.2) is 12.8 Å². The topological polar surface area (TPSA) is 105 Å². The highest BCUT2D eigenvalue weighted by molar-refractivity contribution is 7.89. The molecule has 1 N–H and O–H groups in total. The third-order valence-electron chi connectivity index (χ3n) is 5.00.